The molecule has 53 heavy (non-hydrogen) atoms. The summed E-state index contributed by atoms with van der Waals surface area (Å²) in [5, 5.41) is 0. The van der Waals surface area contributed by atoms with Gasteiger partial charge in [-0.2, -0.15) is 0 Å². The quantitative estimate of drug-likeness (QED) is 0.169. The molecule has 0 saturated heterocycles. The average Bonchev–Trinajstić information content (AvgIpc) is 3.65. The van der Waals surface area contributed by atoms with Crippen LogP contribution in [0, 0.1) is 0 Å². The Hall–Kier alpha value is -6.18. The molecule has 0 radical (unpaired) electrons. The second kappa shape index (κ2) is 12.2. The molecule has 3 aliphatic rings. The Morgan fingerprint density at radius 1 is 0.453 bits per heavy atom. The van der Waals surface area contributed by atoms with E-state index in [-0.39, 0.29) is 10.8 Å². The summed E-state index contributed by atoms with van der Waals surface area (Å²) in [6.45, 7) is 4.71. The zero-order chi connectivity index (χ0) is 35.6. The Morgan fingerprint density at radius 3 is 1.75 bits per heavy atom. The summed E-state index contributed by atoms with van der Waals surface area (Å²) in [7, 11) is 0. The normalized spacial score (nSPS) is 17.4. The molecule has 0 heterocycles. The lowest BCUT2D eigenvalue weighted by molar-refractivity contribution is 0.660. The molecule has 3 aliphatic carbocycles. The molecule has 1 unspecified atom stereocenters. The van der Waals surface area contributed by atoms with Crippen molar-refractivity contribution in [3.63, 3.8) is 0 Å². The molecule has 7 aromatic rings. The van der Waals surface area contributed by atoms with Crippen LogP contribution in [0.1, 0.15) is 54.5 Å². The number of benzene rings is 7. The van der Waals surface area contributed by atoms with Crippen molar-refractivity contribution >= 4 is 17.1 Å². The molecule has 0 amide bonds. The Labute approximate surface area is 313 Å². The minimum Gasteiger partial charge on any atom is -0.310 e. The summed E-state index contributed by atoms with van der Waals surface area (Å²) in [4.78, 5) is 2.39. The number of hydrogen-bond donors (Lipinski definition) is 0. The number of hydrogen-bond acceptors (Lipinski definition) is 1. The maximum absolute atomic E-state index is 2.48. The fraction of sp³-hybridized carbons (Fsp3) is 0.115. The lowest BCUT2D eigenvalue weighted by Crippen LogP contribution is -2.30. The Balaban J connectivity index is 1.09. The predicted molar refractivity (Wildman–Crippen MR) is 222 cm³/mol. The third-order valence-electron chi connectivity index (χ3n) is 12.0. The van der Waals surface area contributed by atoms with Gasteiger partial charge in [-0.15, -0.1) is 0 Å². The predicted octanol–water partition coefficient (Wildman–Crippen LogP) is 13.7. The van der Waals surface area contributed by atoms with Crippen LogP contribution in [0.25, 0.3) is 33.4 Å². The minimum atomic E-state index is -0.334. The SMILES string of the molecule is CC1(C)c2ccccc2-c2ccc(N(c3ccccc3)c3ccc(-c4ccc5c(c4)C(C4=CC=CCC4)(c4ccccc4)c4ccccc4-5)cc3)cc21. The molecular formula is C52H41N. The Kier molecular flexibility index (Phi) is 7.27. The summed E-state index contributed by atoms with van der Waals surface area (Å²) in [5.74, 6) is 0. The Morgan fingerprint density at radius 2 is 1.02 bits per heavy atom. The third kappa shape index (κ3) is 4.77. The van der Waals surface area contributed by atoms with Crippen LogP contribution >= 0.6 is 0 Å². The van der Waals surface area contributed by atoms with Gasteiger partial charge >= 0.3 is 0 Å². The topological polar surface area (TPSA) is 3.24 Å². The van der Waals surface area contributed by atoms with Crippen LogP contribution in [0.15, 0.2) is 194 Å². The fourth-order valence-corrected chi connectivity index (χ4v) is 9.56. The van der Waals surface area contributed by atoms with Gasteiger partial charge in [0.1, 0.15) is 0 Å². The van der Waals surface area contributed by atoms with Gasteiger partial charge in [-0.3, -0.25) is 0 Å². The molecule has 10 rings (SSSR count). The standard InChI is InChI=1S/C52H41N/c1-51(2)47-24-14-12-22-43(47)45-33-31-42(35-49(45)51)53(40-20-10-5-11-21-40)41-29-26-36(27-30-41)37-28-32-46-44-23-13-15-25-48(44)52(50(46)34-37,38-16-6-3-7-17-38)39-18-8-4-9-19-39/h3-8,10-18,20-35H,9,19H2,1-2H3. The second-order valence-corrected chi connectivity index (χ2v) is 15.2. The van der Waals surface area contributed by atoms with Crippen LogP contribution in [0.4, 0.5) is 17.1 Å². The number of para-hydroxylation sites is 1. The van der Waals surface area contributed by atoms with Crippen LogP contribution in [-0.2, 0) is 10.8 Å². The van der Waals surface area contributed by atoms with Crippen molar-refractivity contribution in [1.82, 2.24) is 0 Å². The molecule has 0 aromatic heterocycles. The molecule has 0 N–H and O–H groups in total. The number of anilines is 3. The molecule has 0 saturated carbocycles. The minimum absolute atomic E-state index is 0.0691. The average molecular weight is 680 g/mol. The van der Waals surface area contributed by atoms with Crippen molar-refractivity contribution in [3.8, 4) is 33.4 Å². The van der Waals surface area contributed by atoms with Gasteiger partial charge in [-0.1, -0.05) is 165 Å². The van der Waals surface area contributed by atoms with Crippen molar-refractivity contribution in [2.24, 2.45) is 0 Å². The summed E-state index contributed by atoms with van der Waals surface area (Å²) >= 11 is 0. The lowest BCUT2D eigenvalue weighted by atomic mass is 9.65. The third-order valence-corrected chi connectivity index (χ3v) is 12.0. The van der Waals surface area contributed by atoms with Crippen LogP contribution in [0.5, 0.6) is 0 Å². The van der Waals surface area contributed by atoms with E-state index in [1.165, 1.54) is 72.5 Å². The van der Waals surface area contributed by atoms with Crippen molar-refractivity contribution in [1.29, 1.82) is 0 Å². The first-order valence-electron chi connectivity index (χ1n) is 18.9. The largest absolute Gasteiger partial charge is 0.310 e. The maximum Gasteiger partial charge on any atom is 0.0676 e. The molecule has 0 bridgehead atoms. The fourth-order valence-electron chi connectivity index (χ4n) is 9.56. The highest BCUT2D eigenvalue weighted by molar-refractivity contribution is 5.89. The highest BCUT2D eigenvalue weighted by atomic mass is 15.1. The van der Waals surface area contributed by atoms with Gasteiger partial charge in [0.15, 0.2) is 0 Å². The van der Waals surface area contributed by atoms with E-state index >= 15 is 0 Å². The monoisotopic (exact) mass is 679 g/mol. The van der Waals surface area contributed by atoms with Gasteiger partial charge in [-0.05, 0) is 117 Å². The Bertz CT molecular complexity index is 2570. The molecule has 1 atom stereocenters. The van der Waals surface area contributed by atoms with Gasteiger partial charge < -0.3 is 4.90 Å². The lowest BCUT2D eigenvalue weighted by Gasteiger charge is -2.37. The van der Waals surface area contributed by atoms with Gasteiger partial charge in [0.25, 0.3) is 0 Å². The second-order valence-electron chi connectivity index (χ2n) is 15.2. The summed E-state index contributed by atoms with van der Waals surface area (Å²) < 4.78 is 0. The van der Waals surface area contributed by atoms with Crippen LogP contribution in [0.3, 0.4) is 0 Å². The van der Waals surface area contributed by atoms with E-state index in [0.29, 0.717) is 0 Å². The smallest absolute Gasteiger partial charge is 0.0676 e. The molecule has 7 aromatic carbocycles. The maximum atomic E-state index is 2.48. The first-order chi connectivity index (χ1) is 26.0. The van der Waals surface area contributed by atoms with Gasteiger partial charge in [0.05, 0.1) is 5.41 Å². The summed E-state index contributed by atoms with van der Waals surface area (Å²) in [6, 6.07) is 63.2. The van der Waals surface area contributed by atoms with E-state index < -0.39 is 0 Å². The zero-order valence-electron chi connectivity index (χ0n) is 30.3. The van der Waals surface area contributed by atoms with E-state index in [1.807, 2.05) is 0 Å². The first kappa shape index (κ1) is 31.5. The van der Waals surface area contributed by atoms with E-state index in [0.717, 1.165) is 24.2 Å². The number of rotatable bonds is 6. The van der Waals surface area contributed by atoms with Crippen molar-refractivity contribution in [3.05, 3.63) is 221 Å². The van der Waals surface area contributed by atoms with Crippen molar-refractivity contribution in [2.75, 3.05) is 4.90 Å². The number of nitrogens with zero attached hydrogens (tertiary/aromatic N) is 1. The van der Waals surface area contributed by atoms with Crippen LogP contribution < -0.4 is 4.90 Å². The van der Waals surface area contributed by atoms with Gasteiger partial charge in [0.2, 0.25) is 0 Å². The molecule has 0 spiro atoms. The number of allylic oxidation sites excluding steroid dienone is 4. The van der Waals surface area contributed by atoms with E-state index in [2.05, 4.69) is 207 Å². The summed E-state index contributed by atoms with van der Waals surface area (Å²) in [5.41, 5.74) is 19.2. The molecule has 0 fully saturated rings. The zero-order valence-corrected chi connectivity index (χ0v) is 30.3. The molecule has 1 heteroatoms. The number of fused-ring (bicyclic) bond motifs is 6. The van der Waals surface area contributed by atoms with Crippen molar-refractivity contribution < 1.29 is 0 Å². The van der Waals surface area contributed by atoms with Crippen LogP contribution in [-0.4, -0.2) is 0 Å². The molecule has 254 valence electrons. The summed E-state index contributed by atoms with van der Waals surface area (Å²) in [6.07, 6.45) is 9.03. The molecule has 1 nitrogen and oxygen atoms in total. The van der Waals surface area contributed by atoms with E-state index in [9.17, 15) is 0 Å². The molecular weight excluding hydrogens is 639 g/mol. The van der Waals surface area contributed by atoms with Gasteiger partial charge in [-0.25, -0.2) is 0 Å². The first-order valence-corrected chi connectivity index (χ1v) is 18.9. The van der Waals surface area contributed by atoms with E-state index in [1.54, 1.807) is 0 Å². The van der Waals surface area contributed by atoms with Gasteiger partial charge in [0, 0.05) is 22.5 Å². The van der Waals surface area contributed by atoms with E-state index in [4.69, 9.17) is 0 Å². The van der Waals surface area contributed by atoms with Crippen molar-refractivity contribution in [2.45, 2.75) is 37.5 Å². The molecule has 0 aliphatic heterocycles. The highest BCUT2D eigenvalue weighted by Gasteiger charge is 2.47. The van der Waals surface area contributed by atoms with Crippen LogP contribution in [0.2, 0.25) is 0 Å². The highest BCUT2D eigenvalue weighted by Crippen LogP contribution is 2.58.